The quantitative estimate of drug-likeness (QED) is 0.573. The average Bonchev–Trinajstić information content (AvgIpc) is 2.83. The van der Waals surface area contributed by atoms with Crippen molar-refractivity contribution in [3.63, 3.8) is 0 Å². The summed E-state index contributed by atoms with van der Waals surface area (Å²) >= 11 is 0. The summed E-state index contributed by atoms with van der Waals surface area (Å²) in [4.78, 5) is 35.6. The minimum absolute atomic E-state index is 0.184. The molecule has 92 valence electrons. The van der Waals surface area contributed by atoms with Crippen molar-refractivity contribution >= 4 is 40.1 Å². The highest BCUT2D eigenvalue weighted by molar-refractivity contribution is 6.13. The Labute approximate surface area is 107 Å². The molecule has 0 aliphatic rings. The van der Waals surface area contributed by atoms with Crippen LogP contribution in [-0.2, 0) is 0 Å². The van der Waals surface area contributed by atoms with E-state index in [2.05, 4.69) is 10.2 Å². The van der Waals surface area contributed by atoms with Crippen LogP contribution in [0.3, 0.4) is 0 Å². The third-order valence-corrected chi connectivity index (χ3v) is 3.10. The van der Waals surface area contributed by atoms with E-state index in [1.807, 2.05) is 0 Å². The summed E-state index contributed by atoms with van der Waals surface area (Å²) in [5.41, 5.74) is 2.45. The van der Waals surface area contributed by atoms with Crippen molar-refractivity contribution in [1.82, 2.24) is 4.98 Å². The lowest BCUT2D eigenvalue weighted by molar-refractivity contribution is 0.111. The molecule has 0 aliphatic heterocycles. The summed E-state index contributed by atoms with van der Waals surface area (Å²) in [6.07, 6.45) is 1.41. The van der Waals surface area contributed by atoms with Gasteiger partial charge < -0.3 is 4.98 Å². The minimum atomic E-state index is 0.184. The SMILES string of the molecule is O=Cc1ccc2[nH]c3c(N=O)cc(C=O)cc3c2c1. The Morgan fingerprint density at radius 1 is 0.947 bits per heavy atom. The largest absolute Gasteiger partial charge is 0.353 e. The monoisotopic (exact) mass is 252 g/mol. The van der Waals surface area contributed by atoms with Gasteiger partial charge in [0.25, 0.3) is 0 Å². The molecule has 0 atom stereocenters. The smallest absolute Gasteiger partial charge is 0.150 e. The lowest BCUT2D eigenvalue weighted by Gasteiger charge is -1.96. The number of fused-ring (bicyclic) bond motifs is 3. The van der Waals surface area contributed by atoms with E-state index in [1.54, 1.807) is 24.3 Å². The number of aromatic nitrogens is 1. The highest BCUT2D eigenvalue weighted by Gasteiger charge is 2.11. The Morgan fingerprint density at radius 2 is 1.68 bits per heavy atom. The first kappa shape index (κ1) is 11.3. The van der Waals surface area contributed by atoms with Gasteiger partial charge in [-0.2, -0.15) is 0 Å². The Morgan fingerprint density at radius 3 is 2.37 bits per heavy atom. The fourth-order valence-electron chi connectivity index (χ4n) is 2.23. The maximum absolute atomic E-state index is 10.9. The second-order valence-electron chi connectivity index (χ2n) is 4.22. The summed E-state index contributed by atoms with van der Waals surface area (Å²) in [6, 6.07) is 8.25. The molecule has 3 aromatic rings. The van der Waals surface area contributed by atoms with Crippen LogP contribution in [0.2, 0.25) is 0 Å². The molecule has 19 heavy (non-hydrogen) atoms. The number of aromatic amines is 1. The summed E-state index contributed by atoms with van der Waals surface area (Å²) in [5, 5.41) is 4.43. The van der Waals surface area contributed by atoms with Gasteiger partial charge in [0, 0.05) is 27.4 Å². The molecule has 0 radical (unpaired) electrons. The number of carbonyl (C=O) groups excluding carboxylic acids is 2. The van der Waals surface area contributed by atoms with Crippen LogP contribution in [0.4, 0.5) is 5.69 Å². The molecule has 0 aliphatic carbocycles. The Hall–Kier alpha value is -2.82. The Balaban J connectivity index is 2.50. The molecule has 0 unspecified atom stereocenters. The molecule has 0 saturated heterocycles. The minimum Gasteiger partial charge on any atom is -0.353 e. The van der Waals surface area contributed by atoms with Crippen molar-refractivity contribution in [2.75, 3.05) is 0 Å². The number of nitrogens with one attached hydrogen (secondary N) is 1. The lowest BCUT2D eigenvalue weighted by atomic mass is 10.1. The fourth-order valence-corrected chi connectivity index (χ4v) is 2.23. The van der Waals surface area contributed by atoms with Gasteiger partial charge in [0.15, 0.2) is 0 Å². The van der Waals surface area contributed by atoms with Gasteiger partial charge in [0.05, 0.1) is 5.52 Å². The Bertz CT molecular complexity index is 833. The molecule has 1 N–H and O–H groups in total. The van der Waals surface area contributed by atoms with Crippen LogP contribution in [0.25, 0.3) is 21.8 Å². The van der Waals surface area contributed by atoms with Crippen LogP contribution >= 0.6 is 0 Å². The maximum Gasteiger partial charge on any atom is 0.150 e. The van der Waals surface area contributed by atoms with Gasteiger partial charge in [0.1, 0.15) is 18.3 Å². The molecular weight excluding hydrogens is 244 g/mol. The Kier molecular flexibility index (Phi) is 2.45. The van der Waals surface area contributed by atoms with Gasteiger partial charge in [-0.05, 0) is 35.5 Å². The van der Waals surface area contributed by atoms with Crippen LogP contribution in [0.15, 0.2) is 35.5 Å². The van der Waals surface area contributed by atoms with E-state index in [4.69, 9.17) is 0 Å². The molecule has 5 nitrogen and oxygen atoms in total. The zero-order valence-electron chi connectivity index (χ0n) is 9.71. The molecule has 3 rings (SSSR count). The molecular formula is C14H8N2O3. The number of H-pyrrole nitrogens is 1. The predicted octanol–water partition coefficient (Wildman–Crippen LogP) is 3.34. The topological polar surface area (TPSA) is 79.4 Å². The molecule has 0 bridgehead atoms. The molecule has 0 amide bonds. The first-order chi connectivity index (χ1) is 9.26. The first-order valence-corrected chi connectivity index (χ1v) is 5.60. The second kappa shape index (κ2) is 4.13. The summed E-state index contributed by atoms with van der Waals surface area (Å²) in [5.74, 6) is 0. The van der Waals surface area contributed by atoms with Crippen molar-refractivity contribution in [2.24, 2.45) is 5.18 Å². The molecule has 2 aromatic carbocycles. The fraction of sp³-hybridized carbons (Fsp3) is 0. The van der Waals surface area contributed by atoms with E-state index in [9.17, 15) is 14.5 Å². The molecule has 0 saturated carbocycles. The van der Waals surface area contributed by atoms with E-state index in [0.29, 0.717) is 28.3 Å². The van der Waals surface area contributed by atoms with Crippen LogP contribution in [-0.4, -0.2) is 17.6 Å². The number of rotatable bonds is 3. The molecule has 0 spiro atoms. The van der Waals surface area contributed by atoms with Crippen LogP contribution in [0, 0.1) is 4.91 Å². The predicted molar refractivity (Wildman–Crippen MR) is 72.0 cm³/mol. The van der Waals surface area contributed by atoms with Crippen molar-refractivity contribution < 1.29 is 9.59 Å². The summed E-state index contributed by atoms with van der Waals surface area (Å²) in [6.45, 7) is 0. The number of hydrogen-bond acceptors (Lipinski definition) is 4. The van der Waals surface area contributed by atoms with Crippen LogP contribution in [0.1, 0.15) is 20.7 Å². The van der Waals surface area contributed by atoms with Gasteiger partial charge >= 0.3 is 0 Å². The van der Waals surface area contributed by atoms with E-state index in [0.717, 1.165) is 17.2 Å². The third-order valence-electron chi connectivity index (χ3n) is 3.10. The summed E-state index contributed by atoms with van der Waals surface area (Å²) < 4.78 is 0. The number of nitrogens with zero attached hydrogens (tertiary/aromatic N) is 1. The van der Waals surface area contributed by atoms with Crippen molar-refractivity contribution in [3.8, 4) is 0 Å². The highest BCUT2D eigenvalue weighted by atomic mass is 16.3. The van der Waals surface area contributed by atoms with E-state index in [1.165, 1.54) is 6.07 Å². The van der Waals surface area contributed by atoms with E-state index >= 15 is 0 Å². The molecule has 1 aromatic heterocycles. The summed E-state index contributed by atoms with van der Waals surface area (Å²) in [7, 11) is 0. The number of nitroso groups, excluding NO2 is 1. The van der Waals surface area contributed by atoms with Crippen molar-refractivity contribution in [2.45, 2.75) is 0 Å². The molecule has 1 heterocycles. The van der Waals surface area contributed by atoms with E-state index < -0.39 is 0 Å². The van der Waals surface area contributed by atoms with E-state index in [-0.39, 0.29) is 5.69 Å². The zero-order chi connectivity index (χ0) is 13.4. The van der Waals surface area contributed by atoms with Gasteiger partial charge in [-0.1, -0.05) is 0 Å². The van der Waals surface area contributed by atoms with Gasteiger partial charge in [-0.15, -0.1) is 4.91 Å². The number of hydrogen-bond donors (Lipinski definition) is 1. The number of aldehydes is 2. The third kappa shape index (κ3) is 1.63. The molecule has 5 heteroatoms. The normalized spacial score (nSPS) is 10.7. The van der Waals surface area contributed by atoms with Crippen LogP contribution < -0.4 is 0 Å². The van der Waals surface area contributed by atoms with Crippen LogP contribution in [0.5, 0.6) is 0 Å². The lowest BCUT2D eigenvalue weighted by Crippen LogP contribution is -1.80. The molecule has 0 fully saturated rings. The standard InChI is InChI=1S/C14H8N2O3/c17-6-8-1-2-12-10(3-8)11-4-9(7-18)5-13(16-19)14(11)15-12/h1-7,15H. The number of benzene rings is 2. The van der Waals surface area contributed by atoms with Crippen molar-refractivity contribution in [1.29, 1.82) is 0 Å². The highest BCUT2D eigenvalue weighted by Crippen LogP contribution is 2.33. The first-order valence-electron chi connectivity index (χ1n) is 5.60. The second-order valence-corrected chi connectivity index (χ2v) is 4.22. The maximum atomic E-state index is 10.9. The van der Waals surface area contributed by atoms with Crippen molar-refractivity contribution in [3.05, 3.63) is 46.4 Å². The van der Waals surface area contributed by atoms with Gasteiger partial charge in [-0.25, -0.2) is 0 Å². The number of carbonyl (C=O) groups is 2. The van der Waals surface area contributed by atoms with Gasteiger partial charge in [0.2, 0.25) is 0 Å². The zero-order valence-corrected chi connectivity index (χ0v) is 9.71. The average molecular weight is 252 g/mol. The van der Waals surface area contributed by atoms with Gasteiger partial charge in [-0.3, -0.25) is 9.59 Å².